The van der Waals surface area contributed by atoms with E-state index in [9.17, 15) is 19.1 Å². The van der Waals surface area contributed by atoms with Crippen LogP contribution in [0.3, 0.4) is 0 Å². The fourth-order valence-corrected chi connectivity index (χ4v) is 3.21. The summed E-state index contributed by atoms with van der Waals surface area (Å²) in [4.78, 5) is 31.7. The van der Waals surface area contributed by atoms with Gasteiger partial charge >= 0.3 is 5.97 Å². The van der Waals surface area contributed by atoms with Gasteiger partial charge in [-0.25, -0.2) is 23.5 Å². The molecule has 3 aromatic rings. The first-order valence-corrected chi connectivity index (χ1v) is 7.98. The Morgan fingerprint density at radius 1 is 1.23 bits per heavy atom. The second kappa shape index (κ2) is 6.62. The molecule has 0 unspecified atom stereocenters. The molecule has 26 heavy (non-hydrogen) atoms. The first-order chi connectivity index (χ1) is 12.4. The number of hydrogen-bond acceptors (Lipinski definition) is 4. The third kappa shape index (κ3) is 2.54. The molecule has 3 rings (SSSR count). The van der Waals surface area contributed by atoms with Gasteiger partial charge in [-0.05, 0) is 19.4 Å². The Kier molecular flexibility index (Phi) is 4.50. The molecule has 0 aliphatic rings. The lowest BCUT2D eigenvalue weighted by atomic mass is 10.0. The first-order valence-electron chi connectivity index (χ1n) is 7.98. The molecule has 0 saturated carbocycles. The average Bonchev–Trinajstić information content (AvgIpc) is 2.62. The summed E-state index contributed by atoms with van der Waals surface area (Å²) in [6.45, 7) is 3.59. The Morgan fingerprint density at radius 2 is 1.88 bits per heavy atom. The number of halogens is 2. The minimum absolute atomic E-state index is 0.125. The Morgan fingerprint density at radius 3 is 2.42 bits per heavy atom. The van der Waals surface area contributed by atoms with Gasteiger partial charge in [0.2, 0.25) is 5.43 Å². The van der Waals surface area contributed by atoms with Gasteiger partial charge < -0.3 is 9.67 Å². The zero-order valence-electron chi connectivity index (χ0n) is 14.1. The van der Waals surface area contributed by atoms with E-state index < -0.39 is 28.6 Å². The molecule has 0 amide bonds. The van der Waals surface area contributed by atoms with Gasteiger partial charge in [0, 0.05) is 30.2 Å². The molecule has 0 aliphatic heterocycles. The van der Waals surface area contributed by atoms with Gasteiger partial charge in [-0.1, -0.05) is 6.92 Å². The van der Waals surface area contributed by atoms with Crippen LogP contribution in [0, 0.1) is 11.6 Å². The SMILES string of the molecule is CCc1c(C(=O)O)c(=O)c2cc(F)c(-c3cncnc3)c(F)c2n1CC. The lowest BCUT2D eigenvalue weighted by molar-refractivity contribution is 0.0693. The zero-order chi connectivity index (χ0) is 19.0. The van der Waals surface area contributed by atoms with Crippen LogP contribution in [0.5, 0.6) is 0 Å². The van der Waals surface area contributed by atoms with Crippen molar-refractivity contribution in [1.29, 1.82) is 0 Å². The largest absolute Gasteiger partial charge is 0.477 e. The van der Waals surface area contributed by atoms with Crippen LogP contribution < -0.4 is 5.43 Å². The van der Waals surface area contributed by atoms with Crippen molar-refractivity contribution in [2.24, 2.45) is 0 Å². The fraction of sp³-hybridized carbons (Fsp3) is 0.222. The van der Waals surface area contributed by atoms with E-state index >= 15 is 4.39 Å². The van der Waals surface area contributed by atoms with E-state index in [1.807, 2.05) is 0 Å². The second-order valence-corrected chi connectivity index (χ2v) is 5.62. The van der Waals surface area contributed by atoms with Gasteiger partial charge in [-0.15, -0.1) is 0 Å². The van der Waals surface area contributed by atoms with Crippen LogP contribution in [0.1, 0.15) is 29.9 Å². The molecule has 0 saturated heterocycles. The summed E-state index contributed by atoms with van der Waals surface area (Å²) < 4.78 is 31.3. The Labute approximate surface area is 146 Å². The van der Waals surface area contributed by atoms with E-state index in [0.717, 1.165) is 6.07 Å². The molecule has 0 fully saturated rings. The van der Waals surface area contributed by atoms with E-state index in [0.29, 0.717) is 0 Å². The van der Waals surface area contributed by atoms with Crippen LogP contribution in [-0.4, -0.2) is 25.6 Å². The molecular formula is C18H15F2N3O3. The maximum atomic E-state index is 15.3. The Balaban J connectivity index is 2.56. The van der Waals surface area contributed by atoms with Gasteiger partial charge in [-0.3, -0.25) is 4.79 Å². The van der Waals surface area contributed by atoms with Crippen molar-refractivity contribution in [1.82, 2.24) is 14.5 Å². The van der Waals surface area contributed by atoms with Crippen LogP contribution in [-0.2, 0) is 13.0 Å². The minimum Gasteiger partial charge on any atom is -0.477 e. The van der Waals surface area contributed by atoms with Crippen molar-refractivity contribution in [3.63, 3.8) is 0 Å². The highest BCUT2D eigenvalue weighted by Gasteiger charge is 2.25. The topological polar surface area (TPSA) is 85.1 Å². The summed E-state index contributed by atoms with van der Waals surface area (Å²) in [5, 5.41) is 9.10. The van der Waals surface area contributed by atoms with E-state index in [1.54, 1.807) is 13.8 Å². The standard InChI is InChI=1S/C18H15F2N3O3/c1-3-12-14(18(25)26)17(24)10-5-11(19)13(9-6-21-8-22-7-9)15(20)16(10)23(12)4-2/h5-8H,3-4H2,1-2H3,(H,25,26). The number of nitrogens with zero attached hydrogens (tertiary/aromatic N) is 3. The summed E-state index contributed by atoms with van der Waals surface area (Å²) >= 11 is 0. The van der Waals surface area contributed by atoms with E-state index in [4.69, 9.17) is 0 Å². The molecule has 0 spiro atoms. The van der Waals surface area contributed by atoms with Crippen LogP contribution in [0.25, 0.3) is 22.0 Å². The molecule has 6 nitrogen and oxygen atoms in total. The van der Waals surface area contributed by atoms with Crippen molar-refractivity contribution in [2.75, 3.05) is 0 Å². The smallest absolute Gasteiger partial charge is 0.341 e. The van der Waals surface area contributed by atoms with Crippen LogP contribution in [0.15, 0.2) is 29.6 Å². The summed E-state index contributed by atoms with van der Waals surface area (Å²) in [5.41, 5.74) is -1.53. The van der Waals surface area contributed by atoms with E-state index in [1.165, 1.54) is 23.3 Å². The molecule has 0 aliphatic carbocycles. The molecule has 0 atom stereocenters. The highest BCUT2D eigenvalue weighted by Crippen LogP contribution is 2.31. The number of pyridine rings is 1. The minimum atomic E-state index is -1.42. The summed E-state index contributed by atoms with van der Waals surface area (Å²) in [6.07, 6.45) is 3.97. The van der Waals surface area contributed by atoms with Crippen LogP contribution >= 0.6 is 0 Å². The van der Waals surface area contributed by atoms with Crippen LogP contribution in [0.2, 0.25) is 0 Å². The van der Waals surface area contributed by atoms with Crippen molar-refractivity contribution in [3.8, 4) is 11.1 Å². The molecule has 2 heterocycles. The third-order valence-electron chi connectivity index (χ3n) is 4.26. The fourth-order valence-electron chi connectivity index (χ4n) is 3.21. The predicted octanol–water partition coefficient (Wildman–Crippen LogP) is 3.02. The number of benzene rings is 1. The van der Waals surface area contributed by atoms with Gasteiger partial charge in [0.1, 0.15) is 17.7 Å². The third-order valence-corrected chi connectivity index (χ3v) is 4.26. The average molecular weight is 359 g/mol. The second-order valence-electron chi connectivity index (χ2n) is 5.62. The molecule has 0 radical (unpaired) electrons. The van der Waals surface area contributed by atoms with E-state index in [-0.39, 0.29) is 40.7 Å². The Hall–Kier alpha value is -3.16. The molecule has 134 valence electrons. The monoisotopic (exact) mass is 359 g/mol. The van der Waals surface area contributed by atoms with Crippen molar-refractivity contribution in [2.45, 2.75) is 26.8 Å². The molecular weight excluding hydrogens is 344 g/mol. The van der Waals surface area contributed by atoms with Crippen molar-refractivity contribution < 1.29 is 18.7 Å². The number of aromatic carboxylic acids is 1. The summed E-state index contributed by atoms with van der Waals surface area (Å²) in [7, 11) is 0. The van der Waals surface area contributed by atoms with E-state index in [2.05, 4.69) is 9.97 Å². The van der Waals surface area contributed by atoms with Crippen molar-refractivity contribution >= 4 is 16.9 Å². The molecule has 2 aromatic heterocycles. The van der Waals surface area contributed by atoms with Gasteiger partial charge in [-0.2, -0.15) is 0 Å². The normalized spacial score (nSPS) is 11.1. The number of aryl methyl sites for hydroxylation is 1. The number of hydrogen-bond donors (Lipinski definition) is 1. The lowest BCUT2D eigenvalue weighted by Gasteiger charge is -2.19. The maximum Gasteiger partial charge on any atom is 0.341 e. The number of rotatable bonds is 4. The lowest BCUT2D eigenvalue weighted by Crippen LogP contribution is -2.25. The quantitative estimate of drug-likeness (QED) is 0.774. The molecule has 8 heteroatoms. The highest BCUT2D eigenvalue weighted by atomic mass is 19.1. The Bertz CT molecular complexity index is 1080. The summed E-state index contributed by atoms with van der Waals surface area (Å²) in [5.74, 6) is -3.34. The number of carboxylic acid groups (broad SMARTS) is 1. The number of aromatic nitrogens is 3. The predicted molar refractivity (Wildman–Crippen MR) is 91.2 cm³/mol. The first kappa shape index (κ1) is 17.7. The van der Waals surface area contributed by atoms with Gasteiger partial charge in [0.15, 0.2) is 5.82 Å². The maximum absolute atomic E-state index is 15.3. The highest BCUT2D eigenvalue weighted by molar-refractivity contribution is 5.95. The van der Waals surface area contributed by atoms with Gasteiger partial charge in [0.05, 0.1) is 16.5 Å². The zero-order valence-corrected chi connectivity index (χ0v) is 14.1. The summed E-state index contributed by atoms with van der Waals surface area (Å²) in [6, 6.07) is 0.876. The molecule has 0 bridgehead atoms. The number of carbonyl (C=O) groups is 1. The molecule has 1 N–H and O–H groups in total. The number of fused-ring (bicyclic) bond motifs is 1. The van der Waals surface area contributed by atoms with Gasteiger partial charge in [0.25, 0.3) is 0 Å². The van der Waals surface area contributed by atoms with Crippen LogP contribution in [0.4, 0.5) is 8.78 Å². The van der Waals surface area contributed by atoms with Crippen molar-refractivity contribution in [3.05, 3.63) is 57.9 Å². The number of carboxylic acids is 1. The molecule has 1 aromatic carbocycles.